The number of pyridine rings is 1. The van der Waals surface area contributed by atoms with Crippen LogP contribution in [0, 0.1) is 0 Å². The van der Waals surface area contributed by atoms with E-state index in [-0.39, 0.29) is 11.8 Å². The van der Waals surface area contributed by atoms with Crippen LogP contribution in [-0.4, -0.2) is 22.8 Å². The molecule has 1 aromatic heterocycles. The number of carbonyl (C=O) groups excluding carboxylic acids is 1. The summed E-state index contributed by atoms with van der Waals surface area (Å²) in [6.07, 6.45) is 1.72. The number of rotatable bonds is 4. The molecule has 1 amide bonds. The van der Waals surface area contributed by atoms with E-state index < -0.39 is 0 Å². The molecule has 0 saturated heterocycles. The standard InChI is InChI=1S/C10H12N2OS/c1-8(13)12-6-9(7-14)10-4-2-3-5-11-10/h2-5,7,9H,6H2,1H3,(H,12,13). The van der Waals surface area contributed by atoms with E-state index in [2.05, 4.69) is 10.3 Å². The minimum atomic E-state index is -0.0530. The van der Waals surface area contributed by atoms with Crippen molar-refractivity contribution >= 4 is 23.5 Å². The fourth-order valence-corrected chi connectivity index (χ4v) is 1.31. The molecule has 1 aromatic rings. The fourth-order valence-electron chi connectivity index (χ4n) is 1.07. The molecule has 0 fully saturated rings. The van der Waals surface area contributed by atoms with Gasteiger partial charge in [-0.05, 0) is 17.5 Å². The van der Waals surface area contributed by atoms with Gasteiger partial charge >= 0.3 is 0 Å². The quantitative estimate of drug-likeness (QED) is 0.758. The lowest BCUT2D eigenvalue weighted by atomic mass is 10.1. The topological polar surface area (TPSA) is 42.0 Å². The normalized spacial score (nSPS) is 11.8. The Morgan fingerprint density at radius 1 is 1.71 bits per heavy atom. The van der Waals surface area contributed by atoms with Crippen molar-refractivity contribution in [3.63, 3.8) is 0 Å². The Labute approximate surface area is 88.5 Å². The summed E-state index contributed by atoms with van der Waals surface area (Å²) in [7, 11) is 0. The molecule has 0 aliphatic rings. The van der Waals surface area contributed by atoms with E-state index >= 15 is 0 Å². The van der Waals surface area contributed by atoms with Gasteiger partial charge in [-0.1, -0.05) is 18.3 Å². The van der Waals surface area contributed by atoms with Crippen molar-refractivity contribution in [3.8, 4) is 0 Å². The van der Waals surface area contributed by atoms with Crippen molar-refractivity contribution in [2.75, 3.05) is 6.54 Å². The third kappa shape index (κ3) is 3.22. The Morgan fingerprint density at radius 2 is 2.50 bits per heavy atom. The zero-order valence-electron chi connectivity index (χ0n) is 7.93. The molecule has 1 unspecified atom stereocenters. The van der Waals surface area contributed by atoms with E-state index in [4.69, 9.17) is 12.2 Å². The highest BCUT2D eigenvalue weighted by Crippen LogP contribution is 2.08. The number of amides is 1. The maximum absolute atomic E-state index is 10.7. The van der Waals surface area contributed by atoms with Crippen molar-refractivity contribution in [3.05, 3.63) is 30.1 Å². The first-order valence-electron chi connectivity index (χ1n) is 4.34. The fraction of sp³-hybridized carbons (Fsp3) is 0.300. The first-order chi connectivity index (χ1) is 6.74. The number of hydrogen-bond acceptors (Lipinski definition) is 3. The molecule has 1 heterocycles. The second kappa shape index (κ2) is 5.44. The number of hydrogen-bond donors (Lipinski definition) is 1. The molecule has 0 spiro atoms. The smallest absolute Gasteiger partial charge is 0.216 e. The minimum Gasteiger partial charge on any atom is -0.355 e. The van der Waals surface area contributed by atoms with Crippen LogP contribution < -0.4 is 5.32 Å². The first kappa shape index (κ1) is 10.8. The van der Waals surface area contributed by atoms with E-state index in [0.29, 0.717) is 6.54 Å². The summed E-state index contributed by atoms with van der Waals surface area (Å²) in [5, 5.41) is 4.34. The average molecular weight is 208 g/mol. The zero-order chi connectivity index (χ0) is 10.4. The van der Waals surface area contributed by atoms with Crippen LogP contribution in [0.25, 0.3) is 0 Å². The van der Waals surface area contributed by atoms with Gasteiger partial charge < -0.3 is 5.32 Å². The summed E-state index contributed by atoms with van der Waals surface area (Å²) >= 11 is 4.89. The Balaban J connectivity index is 2.63. The number of thiocarbonyl (C=S) groups is 1. The van der Waals surface area contributed by atoms with Crippen molar-refractivity contribution < 1.29 is 4.79 Å². The van der Waals surface area contributed by atoms with Crippen LogP contribution in [0.2, 0.25) is 0 Å². The van der Waals surface area contributed by atoms with E-state index in [9.17, 15) is 4.79 Å². The van der Waals surface area contributed by atoms with Crippen molar-refractivity contribution in [2.45, 2.75) is 12.8 Å². The Hall–Kier alpha value is -1.29. The number of aromatic nitrogens is 1. The molecule has 0 aliphatic carbocycles. The van der Waals surface area contributed by atoms with Crippen molar-refractivity contribution in [2.24, 2.45) is 0 Å². The van der Waals surface area contributed by atoms with E-state index in [1.165, 1.54) is 6.92 Å². The molecular weight excluding hydrogens is 196 g/mol. The average Bonchev–Trinajstić information content (AvgIpc) is 2.20. The van der Waals surface area contributed by atoms with Gasteiger partial charge in [0.05, 0.1) is 0 Å². The molecule has 74 valence electrons. The highest BCUT2D eigenvalue weighted by Gasteiger charge is 2.08. The molecule has 14 heavy (non-hydrogen) atoms. The number of nitrogens with zero attached hydrogens (tertiary/aromatic N) is 1. The molecule has 1 rings (SSSR count). The summed E-state index contributed by atoms with van der Waals surface area (Å²) < 4.78 is 0. The highest BCUT2D eigenvalue weighted by molar-refractivity contribution is 7.79. The predicted molar refractivity (Wildman–Crippen MR) is 59.3 cm³/mol. The molecule has 4 heteroatoms. The van der Waals surface area contributed by atoms with Gasteiger partial charge in [-0.3, -0.25) is 9.78 Å². The number of nitrogens with one attached hydrogen (secondary N) is 1. The third-order valence-electron chi connectivity index (χ3n) is 1.80. The van der Waals surface area contributed by atoms with Crippen LogP contribution in [0.15, 0.2) is 24.4 Å². The summed E-state index contributed by atoms with van der Waals surface area (Å²) in [5.74, 6) is -0.0436. The molecular formula is C10H12N2OS. The van der Waals surface area contributed by atoms with Gasteiger partial charge in [0.25, 0.3) is 0 Å². The van der Waals surface area contributed by atoms with E-state index in [0.717, 1.165) is 5.69 Å². The molecule has 1 N–H and O–H groups in total. The highest BCUT2D eigenvalue weighted by atomic mass is 32.1. The second-order valence-corrected chi connectivity index (χ2v) is 3.21. The van der Waals surface area contributed by atoms with Crippen LogP contribution in [0.4, 0.5) is 0 Å². The molecule has 0 radical (unpaired) electrons. The van der Waals surface area contributed by atoms with Gasteiger partial charge in [-0.2, -0.15) is 0 Å². The van der Waals surface area contributed by atoms with E-state index in [1.54, 1.807) is 11.6 Å². The molecule has 0 aromatic carbocycles. The van der Waals surface area contributed by atoms with Crippen molar-refractivity contribution in [1.29, 1.82) is 0 Å². The van der Waals surface area contributed by atoms with Crippen LogP contribution in [-0.2, 0) is 4.79 Å². The third-order valence-corrected chi connectivity index (χ3v) is 2.13. The molecule has 0 saturated carbocycles. The maximum atomic E-state index is 10.7. The SMILES string of the molecule is CC(=O)NCC(C=S)c1ccccn1. The van der Waals surface area contributed by atoms with Crippen LogP contribution >= 0.6 is 12.2 Å². The maximum Gasteiger partial charge on any atom is 0.216 e. The summed E-state index contributed by atoms with van der Waals surface area (Å²) in [5.41, 5.74) is 0.885. The summed E-state index contributed by atoms with van der Waals surface area (Å²) in [4.78, 5) is 14.9. The monoisotopic (exact) mass is 208 g/mol. The molecule has 0 aliphatic heterocycles. The first-order valence-corrected chi connectivity index (χ1v) is 4.82. The molecule has 3 nitrogen and oxygen atoms in total. The van der Waals surface area contributed by atoms with E-state index in [1.807, 2.05) is 18.2 Å². The van der Waals surface area contributed by atoms with Gasteiger partial charge in [0.1, 0.15) is 0 Å². The van der Waals surface area contributed by atoms with Crippen molar-refractivity contribution in [1.82, 2.24) is 10.3 Å². The molecule has 0 bridgehead atoms. The van der Waals surface area contributed by atoms with Crippen LogP contribution in [0.5, 0.6) is 0 Å². The van der Waals surface area contributed by atoms with Gasteiger partial charge in [0.2, 0.25) is 5.91 Å². The van der Waals surface area contributed by atoms with Gasteiger partial charge in [-0.15, -0.1) is 0 Å². The van der Waals surface area contributed by atoms with Crippen LogP contribution in [0.3, 0.4) is 0 Å². The lowest BCUT2D eigenvalue weighted by molar-refractivity contribution is -0.118. The minimum absolute atomic E-state index is 0.00935. The number of carbonyl (C=O) groups is 1. The zero-order valence-corrected chi connectivity index (χ0v) is 8.75. The predicted octanol–water partition coefficient (Wildman–Crippen LogP) is 1.30. The Bertz CT molecular complexity index is 313. The van der Waals surface area contributed by atoms with Gasteiger partial charge in [0.15, 0.2) is 0 Å². The lowest BCUT2D eigenvalue weighted by Crippen LogP contribution is -2.26. The Morgan fingerprint density at radius 3 is 3.00 bits per heavy atom. The lowest BCUT2D eigenvalue weighted by Gasteiger charge is -2.10. The second-order valence-electron chi connectivity index (χ2n) is 2.93. The summed E-state index contributed by atoms with van der Waals surface area (Å²) in [6, 6.07) is 5.65. The largest absolute Gasteiger partial charge is 0.355 e. The Kier molecular flexibility index (Phi) is 4.19. The van der Waals surface area contributed by atoms with Gasteiger partial charge in [0, 0.05) is 31.3 Å². The molecule has 1 atom stereocenters. The van der Waals surface area contributed by atoms with Gasteiger partial charge in [-0.25, -0.2) is 0 Å². The van der Waals surface area contributed by atoms with Crippen LogP contribution in [0.1, 0.15) is 18.5 Å². The summed E-state index contributed by atoms with van der Waals surface area (Å²) in [6.45, 7) is 1.99.